The van der Waals surface area contributed by atoms with Gasteiger partial charge in [0.05, 0.1) is 23.7 Å². The van der Waals surface area contributed by atoms with Crippen molar-refractivity contribution in [2.45, 2.75) is 50.0 Å². The second-order valence-electron chi connectivity index (χ2n) is 8.02. The molecule has 0 bridgehead atoms. The van der Waals surface area contributed by atoms with Gasteiger partial charge >= 0.3 is 6.18 Å². The second-order valence-corrected chi connectivity index (χ2v) is 9.73. The van der Waals surface area contributed by atoms with Crippen molar-refractivity contribution >= 4 is 10.0 Å². The van der Waals surface area contributed by atoms with E-state index in [-0.39, 0.29) is 12.1 Å². The van der Waals surface area contributed by atoms with Gasteiger partial charge in [-0.25, -0.2) is 13.1 Å². The lowest BCUT2D eigenvalue weighted by atomic mass is 10.2. The number of ether oxygens (including phenoxy) is 2. The van der Waals surface area contributed by atoms with Crippen molar-refractivity contribution < 1.29 is 31.1 Å². The van der Waals surface area contributed by atoms with Crippen LogP contribution < -0.4 is 14.2 Å². The average Bonchev–Trinajstić information content (AvgIpc) is 3.14. The predicted molar refractivity (Wildman–Crippen MR) is 114 cm³/mol. The Morgan fingerprint density at radius 1 is 1.16 bits per heavy atom. The summed E-state index contributed by atoms with van der Waals surface area (Å²) in [5, 5.41) is 0. The smallest absolute Gasteiger partial charge is 0.416 e. The average molecular weight is 473 g/mol. The van der Waals surface area contributed by atoms with Gasteiger partial charge in [-0.05, 0) is 56.2 Å². The van der Waals surface area contributed by atoms with Crippen molar-refractivity contribution in [1.29, 1.82) is 0 Å². The molecular weight excluding hydrogens is 445 g/mol. The van der Waals surface area contributed by atoms with Gasteiger partial charge in [-0.2, -0.15) is 13.2 Å². The summed E-state index contributed by atoms with van der Waals surface area (Å²) in [4.78, 5) is 1.69. The molecule has 32 heavy (non-hydrogen) atoms. The Morgan fingerprint density at radius 3 is 2.56 bits per heavy atom. The first-order valence-electron chi connectivity index (χ1n) is 10.2. The number of halogens is 3. The first kappa shape index (κ1) is 24.3. The van der Waals surface area contributed by atoms with Gasteiger partial charge in [0.2, 0.25) is 10.0 Å². The maximum atomic E-state index is 12.9. The number of hydrogen-bond donors (Lipinski definition) is 1. The lowest BCUT2D eigenvalue weighted by molar-refractivity contribution is -0.137. The summed E-state index contributed by atoms with van der Waals surface area (Å²) in [5.41, 5.74) is -0.00777. The van der Waals surface area contributed by atoms with E-state index in [1.54, 1.807) is 7.11 Å². The van der Waals surface area contributed by atoms with E-state index in [1.165, 1.54) is 0 Å². The maximum Gasteiger partial charge on any atom is 0.416 e. The molecule has 1 fully saturated rings. The summed E-state index contributed by atoms with van der Waals surface area (Å²) in [6.45, 7) is 5.55. The van der Waals surface area contributed by atoms with E-state index >= 15 is 0 Å². The number of benzene rings is 2. The van der Waals surface area contributed by atoms with Crippen molar-refractivity contribution in [3.63, 3.8) is 0 Å². The maximum absolute atomic E-state index is 12.9. The SMILES string of the molecule is COc1cc(CN2CC[C@@H](NS(=O)(=O)c3cccc(C(F)(F)F)c3)C2)ccc1OC(C)C. The zero-order valence-electron chi connectivity index (χ0n) is 18.1. The fourth-order valence-corrected chi connectivity index (χ4v) is 4.93. The third kappa shape index (κ3) is 6.14. The minimum absolute atomic E-state index is 0.0129. The van der Waals surface area contributed by atoms with Crippen LogP contribution in [0.15, 0.2) is 47.4 Å². The van der Waals surface area contributed by atoms with E-state index in [0.29, 0.717) is 43.6 Å². The number of methoxy groups -OCH3 is 1. The van der Waals surface area contributed by atoms with E-state index in [1.807, 2.05) is 32.0 Å². The monoisotopic (exact) mass is 472 g/mol. The molecule has 0 aromatic heterocycles. The highest BCUT2D eigenvalue weighted by atomic mass is 32.2. The Hall–Kier alpha value is -2.30. The summed E-state index contributed by atoms with van der Waals surface area (Å²) < 4.78 is 77.7. The van der Waals surface area contributed by atoms with Crippen LogP contribution in [0.25, 0.3) is 0 Å². The van der Waals surface area contributed by atoms with E-state index in [9.17, 15) is 21.6 Å². The van der Waals surface area contributed by atoms with Gasteiger partial charge < -0.3 is 9.47 Å². The van der Waals surface area contributed by atoms with Crippen LogP contribution in [0, 0.1) is 0 Å². The van der Waals surface area contributed by atoms with Crippen LogP contribution in [-0.2, 0) is 22.7 Å². The molecule has 1 saturated heterocycles. The van der Waals surface area contributed by atoms with Crippen LogP contribution in [-0.4, -0.2) is 45.7 Å². The molecule has 1 N–H and O–H groups in total. The van der Waals surface area contributed by atoms with Crippen LogP contribution >= 0.6 is 0 Å². The largest absolute Gasteiger partial charge is 0.493 e. The molecule has 1 aliphatic rings. The number of alkyl halides is 3. The summed E-state index contributed by atoms with van der Waals surface area (Å²) in [6.07, 6.45) is -4.03. The van der Waals surface area contributed by atoms with Crippen molar-refractivity contribution in [1.82, 2.24) is 9.62 Å². The Kier molecular flexibility index (Phi) is 7.36. The second kappa shape index (κ2) is 9.68. The van der Waals surface area contributed by atoms with Gasteiger partial charge in [-0.15, -0.1) is 0 Å². The van der Waals surface area contributed by atoms with Gasteiger partial charge in [0.1, 0.15) is 0 Å². The van der Waals surface area contributed by atoms with E-state index in [2.05, 4.69) is 9.62 Å². The number of hydrogen-bond acceptors (Lipinski definition) is 5. The van der Waals surface area contributed by atoms with Gasteiger partial charge in [0.15, 0.2) is 11.5 Å². The van der Waals surface area contributed by atoms with Crippen molar-refractivity contribution in [3.8, 4) is 11.5 Å². The molecule has 0 amide bonds. The third-order valence-electron chi connectivity index (χ3n) is 5.06. The van der Waals surface area contributed by atoms with Gasteiger partial charge in [0, 0.05) is 25.7 Å². The zero-order chi connectivity index (χ0) is 23.5. The van der Waals surface area contributed by atoms with Gasteiger partial charge in [-0.3, -0.25) is 4.90 Å². The predicted octanol–water partition coefficient (Wildman–Crippen LogP) is 4.05. The Morgan fingerprint density at radius 2 is 1.91 bits per heavy atom. The molecule has 10 heteroatoms. The first-order valence-corrected chi connectivity index (χ1v) is 11.7. The minimum atomic E-state index is -4.60. The topological polar surface area (TPSA) is 67.9 Å². The first-order chi connectivity index (χ1) is 15.0. The summed E-state index contributed by atoms with van der Waals surface area (Å²) in [7, 11) is -2.49. The normalized spacial score (nSPS) is 17.7. The Balaban J connectivity index is 1.63. The number of rotatable bonds is 8. The molecule has 0 aliphatic carbocycles. The van der Waals surface area contributed by atoms with Gasteiger partial charge in [-0.1, -0.05) is 12.1 Å². The summed E-state index contributed by atoms with van der Waals surface area (Å²) >= 11 is 0. The lowest BCUT2D eigenvalue weighted by Gasteiger charge is -2.19. The molecule has 1 heterocycles. The Bertz CT molecular complexity index is 1040. The van der Waals surface area contributed by atoms with E-state index in [0.717, 1.165) is 23.8 Å². The van der Waals surface area contributed by atoms with Crippen LogP contribution in [0.4, 0.5) is 13.2 Å². The molecule has 6 nitrogen and oxygen atoms in total. The highest BCUT2D eigenvalue weighted by molar-refractivity contribution is 7.89. The molecule has 1 aliphatic heterocycles. The van der Waals surface area contributed by atoms with Crippen LogP contribution in [0.2, 0.25) is 0 Å². The molecule has 0 unspecified atom stereocenters. The molecule has 1 atom stereocenters. The number of nitrogens with one attached hydrogen (secondary N) is 1. The molecule has 0 spiro atoms. The van der Waals surface area contributed by atoms with Crippen LogP contribution in [0.1, 0.15) is 31.4 Å². The molecular formula is C22H27F3N2O4S. The van der Waals surface area contributed by atoms with Crippen LogP contribution in [0.3, 0.4) is 0 Å². The molecule has 0 radical (unpaired) electrons. The molecule has 2 aromatic rings. The van der Waals surface area contributed by atoms with E-state index in [4.69, 9.17) is 9.47 Å². The lowest BCUT2D eigenvalue weighted by Crippen LogP contribution is -2.37. The molecule has 176 valence electrons. The van der Waals surface area contributed by atoms with Crippen molar-refractivity contribution in [2.75, 3.05) is 20.2 Å². The van der Waals surface area contributed by atoms with Gasteiger partial charge in [0.25, 0.3) is 0 Å². The standard InChI is InChI=1S/C22H27F3N2O4S/c1-15(2)31-20-8-7-16(11-21(20)30-3)13-27-10-9-18(14-27)26-32(28,29)19-6-4-5-17(12-19)22(23,24)25/h4-8,11-12,15,18,26H,9-10,13-14H2,1-3H3/t18-/m1/s1. The van der Waals surface area contributed by atoms with Crippen LogP contribution in [0.5, 0.6) is 11.5 Å². The third-order valence-corrected chi connectivity index (χ3v) is 6.58. The number of likely N-dealkylation sites (tertiary alicyclic amines) is 1. The molecule has 3 rings (SSSR count). The molecule has 2 aromatic carbocycles. The van der Waals surface area contributed by atoms with Crippen molar-refractivity contribution in [2.24, 2.45) is 0 Å². The zero-order valence-corrected chi connectivity index (χ0v) is 19.0. The highest BCUT2D eigenvalue weighted by Gasteiger charge is 2.33. The summed E-state index contributed by atoms with van der Waals surface area (Å²) in [5.74, 6) is 1.27. The highest BCUT2D eigenvalue weighted by Crippen LogP contribution is 2.31. The fraction of sp³-hybridized carbons (Fsp3) is 0.455. The fourth-order valence-electron chi connectivity index (χ4n) is 3.62. The number of nitrogens with zero attached hydrogens (tertiary/aromatic N) is 1. The molecule has 0 saturated carbocycles. The summed E-state index contributed by atoms with van der Waals surface area (Å²) in [6, 6.07) is 9.04. The Labute approximate surface area is 186 Å². The minimum Gasteiger partial charge on any atom is -0.493 e. The number of sulfonamides is 1. The van der Waals surface area contributed by atoms with E-state index < -0.39 is 26.7 Å². The van der Waals surface area contributed by atoms with Crippen molar-refractivity contribution in [3.05, 3.63) is 53.6 Å². The quantitative estimate of drug-likeness (QED) is 0.628.